The number of hydrogen-bond acceptors (Lipinski definition) is 5. The van der Waals surface area contributed by atoms with E-state index in [-0.39, 0.29) is 6.42 Å². The molecule has 0 saturated carbocycles. The molecule has 1 aromatic carbocycles. The van der Waals surface area contributed by atoms with Crippen LogP contribution in [-0.4, -0.2) is 29.3 Å². The smallest absolute Gasteiger partial charge is 0.309 e. The summed E-state index contributed by atoms with van der Waals surface area (Å²) in [5.74, 6) is 0.522. The van der Waals surface area contributed by atoms with Crippen molar-refractivity contribution in [2.75, 3.05) is 13.2 Å². The van der Waals surface area contributed by atoms with Crippen LogP contribution in [0.2, 0.25) is 0 Å². The van der Waals surface area contributed by atoms with Gasteiger partial charge in [0.05, 0.1) is 25.3 Å². The third kappa shape index (κ3) is 4.21. The van der Waals surface area contributed by atoms with Crippen molar-refractivity contribution in [3.05, 3.63) is 29.3 Å². The van der Waals surface area contributed by atoms with Crippen molar-refractivity contribution in [2.24, 2.45) is 0 Å². The van der Waals surface area contributed by atoms with Crippen molar-refractivity contribution >= 4 is 17.3 Å². The van der Waals surface area contributed by atoms with Crippen molar-refractivity contribution in [1.29, 1.82) is 0 Å². The molecule has 0 radical (unpaired) electrons. The van der Waals surface area contributed by atoms with E-state index in [1.807, 2.05) is 32.0 Å². The predicted octanol–water partition coefficient (Wildman–Crippen LogP) is 3.62. The molecular formula is C16H19NO4S. The number of carboxylic acids is 1. The average molecular weight is 321 g/mol. The molecule has 0 aliphatic carbocycles. The number of rotatable bonds is 8. The van der Waals surface area contributed by atoms with Gasteiger partial charge in [-0.2, -0.15) is 0 Å². The monoisotopic (exact) mass is 321 g/mol. The van der Waals surface area contributed by atoms with Crippen molar-refractivity contribution in [1.82, 2.24) is 4.98 Å². The van der Waals surface area contributed by atoms with E-state index in [1.165, 1.54) is 11.3 Å². The highest BCUT2D eigenvalue weighted by Gasteiger charge is 2.11. The Balaban J connectivity index is 2.25. The number of nitrogens with zero attached hydrogens (tertiary/aromatic N) is 1. The van der Waals surface area contributed by atoms with E-state index in [1.54, 1.807) is 5.38 Å². The highest BCUT2D eigenvalue weighted by atomic mass is 32.1. The number of carbonyl (C=O) groups is 1. The molecule has 0 fully saturated rings. The Bertz CT molecular complexity index is 639. The molecular weight excluding hydrogens is 302 g/mol. The molecule has 6 heteroatoms. The zero-order valence-corrected chi connectivity index (χ0v) is 13.5. The molecule has 2 aromatic rings. The molecule has 118 valence electrons. The van der Waals surface area contributed by atoms with Gasteiger partial charge in [-0.15, -0.1) is 11.3 Å². The van der Waals surface area contributed by atoms with Gasteiger partial charge in [-0.05, 0) is 31.5 Å². The first-order valence-electron chi connectivity index (χ1n) is 7.20. The molecule has 0 aliphatic heterocycles. The second-order valence-corrected chi connectivity index (χ2v) is 5.52. The lowest BCUT2D eigenvalue weighted by molar-refractivity contribution is -0.136. The zero-order valence-electron chi connectivity index (χ0n) is 12.7. The van der Waals surface area contributed by atoms with Crippen molar-refractivity contribution < 1.29 is 19.4 Å². The molecule has 1 aromatic heterocycles. The minimum atomic E-state index is -0.879. The summed E-state index contributed by atoms with van der Waals surface area (Å²) < 4.78 is 11.3. The van der Waals surface area contributed by atoms with Gasteiger partial charge in [0, 0.05) is 10.9 Å². The van der Waals surface area contributed by atoms with E-state index >= 15 is 0 Å². The van der Waals surface area contributed by atoms with Gasteiger partial charge in [-0.3, -0.25) is 4.79 Å². The molecule has 0 unspecified atom stereocenters. The Kier molecular flexibility index (Phi) is 5.77. The second kappa shape index (κ2) is 7.79. The minimum Gasteiger partial charge on any atom is -0.490 e. The highest BCUT2D eigenvalue weighted by molar-refractivity contribution is 7.13. The normalized spacial score (nSPS) is 10.5. The Morgan fingerprint density at radius 3 is 2.77 bits per heavy atom. The first kappa shape index (κ1) is 16.3. The SMILES string of the molecule is CCCOc1ccc(-c2nc(CC(=O)O)cs2)cc1OCC. The van der Waals surface area contributed by atoms with Crippen LogP contribution in [0.4, 0.5) is 0 Å². The summed E-state index contributed by atoms with van der Waals surface area (Å²) in [7, 11) is 0. The van der Waals surface area contributed by atoms with E-state index in [0.29, 0.717) is 24.7 Å². The van der Waals surface area contributed by atoms with Crippen LogP contribution in [-0.2, 0) is 11.2 Å². The lowest BCUT2D eigenvalue weighted by Gasteiger charge is -2.12. The maximum Gasteiger partial charge on any atom is 0.309 e. The molecule has 5 nitrogen and oxygen atoms in total. The van der Waals surface area contributed by atoms with Gasteiger partial charge in [-0.1, -0.05) is 6.92 Å². The van der Waals surface area contributed by atoms with Crippen LogP contribution < -0.4 is 9.47 Å². The topological polar surface area (TPSA) is 68.7 Å². The van der Waals surface area contributed by atoms with Crippen LogP contribution in [0.5, 0.6) is 11.5 Å². The van der Waals surface area contributed by atoms with E-state index in [0.717, 1.165) is 22.7 Å². The molecule has 0 spiro atoms. The van der Waals surface area contributed by atoms with E-state index in [4.69, 9.17) is 14.6 Å². The molecule has 0 saturated heterocycles. The van der Waals surface area contributed by atoms with Crippen molar-refractivity contribution in [3.63, 3.8) is 0 Å². The molecule has 1 heterocycles. The largest absolute Gasteiger partial charge is 0.490 e. The highest BCUT2D eigenvalue weighted by Crippen LogP contribution is 2.34. The number of hydrogen-bond donors (Lipinski definition) is 1. The molecule has 0 aliphatic rings. The summed E-state index contributed by atoms with van der Waals surface area (Å²) in [6.07, 6.45) is 0.866. The van der Waals surface area contributed by atoms with Gasteiger partial charge < -0.3 is 14.6 Å². The van der Waals surface area contributed by atoms with E-state index in [9.17, 15) is 4.79 Å². The maximum absolute atomic E-state index is 10.7. The molecule has 0 bridgehead atoms. The van der Waals surface area contributed by atoms with Gasteiger partial charge in [0.15, 0.2) is 11.5 Å². The number of aromatic nitrogens is 1. The van der Waals surface area contributed by atoms with Gasteiger partial charge in [0.25, 0.3) is 0 Å². The molecule has 2 rings (SSSR count). The first-order chi connectivity index (χ1) is 10.6. The minimum absolute atomic E-state index is 0.0630. The van der Waals surface area contributed by atoms with Gasteiger partial charge >= 0.3 is 5.97 Å². The van der Waals surface area contributed by atoms with Crippen LogP contribution in [0.25, 0.3) is 10.6 Å². The van der Waals surface area contributed by atoms with Crippen LogP contribution in [0, 0.1) is 0 Å². The van der Waals surface area contributed by atoms with Crippen LogP contribution in [0.15, 0.2) is 23.6 Å². The van der Waals surface area contributed by atoms with E-state index < -0.39 is 5.97 Å². The predicted molar refractivity (Wildman–Crippen MR) is 85.8 cm³/mol. The molecule has 0 amide bonds. The summed E-state index contributed by atoms with van der Waals surface area (Å²) in [5.41, 5.74) is 1.46. The molecule has 1 N–H and O–H groups in total. The van der Waals surface area contributed by atoms with Gasteiger partial charge in [-0.25, -0.2) is 4.98 Å². The Labute approximate surface area is 133 Å². The third-order valence-corrected chi connectivity index (χ3v) is 3.78. The standard InChI is InChI=1S/C16H19NO4S/c1-3-7-21-13-6-5-11(8-14(13)20-4-2)16-17-12(10-22-16)9-15(18)19/h5-6,8,10H,3-4,7,9H2,1-2H3,(H,18,19). The van der Waals surface area contributed by atoms with Crippen LogP contribution >= 0.6 is 11.3 Å². The quantitative estimate of drug-likeness (QED) is 0.804. The van der Waals surface area contributed by atoms with Crippen LogP contribution in [0.3, 0.4) is 0 Å². The van der Waals surface area contributed by atoms with Crippen molar-refractivity contribution in [2.45, 2.75) is 26.7 Å². The number of thiazole rings is 1. The number of benzene rings is 1. The van der Waals surface area contributed by atoms with Crippen LogP contribution in [0.1, 0.15) is 26.0 Å². The Morgan fingerprint density at radius 1 is 1.27 bits per heavy atom. The van der Waals surface area contributed by atoms with Gasteiger partial charge in [0.2, 0.25) is 0 Å². The molecule has 22 heavy (non-hydrogen) atoms. The second-order valence-electron chi connectivity index (χ2n) is 4.66. The fourth-order valence-electron chi connectivity index (χ4n) is 1.92. The number of carboxylic acid groups (broad SMARTS) is 1. The first-order valence-corrected chi connectivity index (χ1v) is 8.08. The zero-order chi connectivity index (χ0) is 15.9. The summed E-state index contributed by atoms with van der Waals surface area (Å²) in [6, 6.07) is 5.67. The Morgan fingerprint density at radius 2 is 2.09 bits per heavy atom. The fraction of sp³-hybridized carbons (Fsp3) is 0.375. The lowest BCUT2D eigenvalue weighted by atomic mass is 10.2. The summed E-state index contributed by atoms with van der Waals surface area (Å²) in [6.45, 7) is 5.16. The number of ether oxygens (including phenoxy) is 2. The summed E-state index contributed by atoms with van der Waals surface area (Å²) in [4.78, 5) is 15.1. The van der Waals surface area contributed by atoms with Crippen molar-refractivity contribution in [3.8, 4) is 22.1 Å². The maximum atomic E-state index is 10.7. The number of aliphatic carboxylic acids is 1. The Hall–Kier alpha value is -2.08. The third-order valence-electron chi connectivity index (χ3n) is 2.84. The van der Waals surface area contributed by atoms with E-state index in [2.05, 4.69) is 4.98 Å². The molecule has 0 atom stereocenters. The lowest BCUT2D eigenvalue weighted by Crippen LogP contribution is -2.00. The fourth-order valence-corrected chi connectivity index (χ4v) is 2.73. The summed E-state index contributed by atoms with van der Waals surface area (Å²) in [5, 5.41) is 11.4. The average Bonchev–Trinajstić information content (AvgIpc) is 2.94. The summed E-state index contributed by atoms with van der Waals surface area (Å²) >= 11 is 1.42. The van der Waals surface area contributed by atoms with Gasteiger partial charge in [0.1, 0.15) is 5.01 Å².